The Labute approximate surface area is 143 Å². The highest BCUT2D eigenvalue weighted by Crippen LogP contribution is 2.24. The number of benzene rings is 2. The molecule has 0 saturated carbocycles. The lowest BCUT2D eigenvalue weighted by atomic mass is 10.2. The predicted octanol–water partition coefficient (Wildman–Crippen LogP) is 3.83. The monoisotopic (exact) mass is 350 g/mol. The Bertz CT molecular complexity index is 656. The first-order valence-electron chi connectivity index (χ1n) is 7.04. The average molecular weight is 350 g/mol. The van der Waals surface area contributed by atoms with E-state index in [0.717, 1.165) is 15.4 Å². The summed E-state index contributed by atoms with van der Waals surface area (Å²) in [4.78, 5) is 13.6. The van der Waals surface area contributed by atoms with Crippen molar-refractivity contribution in [2.45, 2.75) is 16.7 Å². The number of hydrogen-bond acceptors (Lipinski definition) is 6. The first kappa shape index (κ1) is 17.6. The number of aromatic hydroxyl groups is 2. The summed E-state index contributed by atoms with van der Waals surface area (Å²) in [5.74, 6) is 1.14. The van der Waals surface area contributed by atoms with Crippen molar-refractivity contribution in [1.29, 1.82) is 0 Å². The maximum atomic E-state index is 11.7. The van der Waals surface area contributed by atoms with Crippen LogP contribution in [0.2, 0.25) is 0 Å². The molecule has 0 radical (unpaired) electrons. The quantitative estimate of drug-likeness (QED) is 0.449. The molecule has 0 aromatic heterocycles. The molecule has 0 aliphatic rings. The van der Waals surface area contributed by atoms with Crippen LogP contribution in [-0.2, 0) is 9.53 Å². The first-order chi connectivity index (χ1) is 11.0. The molecule has 0 amide bonds. The molecule has 2 N–H and O–H groups in total. The van der Waals surface area contributed by atoms with Crippen LogP contribution >= 0.6 is 23.5 Å². The molecule has 4 nitrogen and oxygen atoms in total. The van der Waals surface area contributed by atoms with Crippen molar-refractivity contribution in [3.63, 3.8) is 0 Å². The molecule has 23 heavy (non-hydrogen) atoms. The highest BCUT2D eigenvalue weighted by atomic mass is 32.2. The Balaban J connectivity index is 1.65. The van der Waals surface area contributed by atoms with E-state index in [0.29, 0.717) is 12.4 Å². The van der Waals surface area contributed by atoms with Crippen molar-refractivity contribution in [3.8, 4) is 11.5 Å². The van der Waals surface area contributed by atoms with Gasteiger partial charge >= 0.3 is 5.97 Å². The SMILES string of the molecule is Cc1cc(SCC(=O)OCCSc2ccc(O)cc2)ccc1O. The molecule has 0 saturated heterocycles. The molecule has 122 valence electrons. The normalized spacial score (nSPS) is 10.5. The first-order valence-corrected chi connectivity index (χ1v) is 9.01. The zero-order valence-electron chi connectivity index (χ0n) is 12.7. The van der Waals surface area contributed by atoms with Gasteiger partial charge < -0.3 is 14.9 Å². The lowest BCUT2D eigenvalue weighted by Crippen LogP contribution is -2.09. The average Bonchev–Trinajstić information content (AvgIpc) is 2.54. The summed E-state index contributed by atoms with van der Waals surface area (Å²) in [5, 5.41) is 18.6. The van der Waals surface area contributed by atoms with Gasteiger partial charge in [-0.3, -0.25) is 4.79 Å². The number of esters is 1. The molecule has 6 heteroatoms. The minimum Gasteiger partial charge on any atom is -0.508 e. The summed E-state index contributed by atoms with van der Waals surface area (Å²) in [5.41, 5.74) is 0.786. The van der Waals surface area contributed by atoms with Gasteiger partial charge in [0.1, 0.15) is 18.1 Å². The number of ether oxygens (including phenoxy) is 1. The van der Waals surface area contributed by atoms with E-state index >= 15 is 0 Å². The van der Waals surface area contributed by atoms with Crippen LogP contribution in [0.25, 0.3) is 0 Å². The van der Waals surface area contributed by atoms with E-state index in [9.17, 15) is 15.0 Å². The molecule has 0 atom stereocenters. The molecule has 2 aromatic carbocycles. The molecule has 0 spiro atoms. The summed E-state index contributed by atoms with van der Waals surface area (Å²) in [6.07, 6.45) is 0. The van der Waals surface area contributed by atoms with Gasteiger partial charge in [-0.25, -0.2) is 0 Å². The van der Waals surface area contributed by atoms with Crippen LogP contribution in [0.5, 0.6) is 11.5 Å². The summed E-state index contributed by atoms with van der Waals surface area (Å²) < 4.78 is 5.18. The van der Waals surface area contributed by atoms with Crippen LogP contribution in [0.15, 0.2) is 52.3 Å². The molecule has 2 aromatic rings. The summed E-state index contributed by atoms with van der Waals surface area (Å²) in [6.45, 7) is 2.16. The van der Waals surface area contributed by atoms with Crippen molar-refractivity contribution >= 4 is 29.5 Å². The zero-order chi connectivity index (χ0) is 16.7. The Morgan fingerprint density at radius 1 is 1.04 bits per heavy atom. The van der Waals surface area contributed by atoms with E-state index in [1.807, 2.05) is 25.1 Å². The predicted molar refractivity (Wildman–Crippen MR) is 93.4 cm³/mol. The van der Waals surface area contributed by atoms with Crippen molar-refractivity contribution in [2.24, 2.45) is 0 Å². The summed E-state index contributed by atoms with van der Waals surface area (Å²) in [7, 11) is 0. The summed E-state index contributed by atoms with van der Waals surface area (Å²) >= 11 is 2.95. The van der Waals surface area contributed by atoms with Gasteiger partial charge in [-0.2, -0.15) is 0 Å². The third kappa shape index (κ3) is 6.08. The number of phenolic OH excluding ortho intramolecular Hbond substituents is 2. The fourth-order valence-corrected chi connectivity index (χ4v) is 3.28. The number of carbonyl (C=O) groups excluding carboxylic acids is 1. The van der Waals surface area contributed by atoms with Crippen LogP contribution in [-0.4, -0.2) is 34.3 Å². The zero-order valence-corrected chi connectivity index (χ0v) is 14.3. The number of carbonyl (C=O) groups is 1. The molecule has 0 heterocycles. The Morgan fingerprint density at radius 2 is 1.74 bits per heavy atom. The van der Waals surface area contributed by atoms with Gasteiger partial charge in [0, 0.05) is 15.5 Å². The van der Waals surface area contributed by atoms with Crippen molar-refractivity contribution in [2.75, 3.05) is 18.1 Å². The van der Waals surface area contributed by atoms with Crippen molar-refractivity contribution in [1.82, 2.24) is 0 Å². The molecule has 0 bridgehead atoms. The molecule has 0 fully saturated rings. The Kier molecular flexibility index (Phi) is 6.67. The van der Waals surface area contributed by atoms with Crippen molar-refractivity contribution in [3.05, 3.63) is 48.0 Å². The fraction of sp³-hybridized carbons (Fsp3) is 0.235. The fourth-order valence-electron chi connectivity index (χ4n) is 1.76. The van der Waals surface area contributed by atoms with E-state index in [1.165, 1.54) is 11.8 Å². The van der Waals surface area contributed by atoms with Gasteiger partial charge in [-0.15, -0.1) is 23.5 Å². The van der Waals surface area contributed by atoms with Gasteiger partial charge in [0.15, 0.2) is 0 Å². The molecule has 0 aliphatic carbocycles. The minimum atomic E-state index is -0.257. The van der Waals surface area contributed by atoms with Crippen LogP contribution < -0.4 is 0 Å². The van der Waals surface area contributed by atoms with Crippen LogP contribution in [0.4, 0.5) is 0 Å². The van der Waals surface area contributed by atoms with Gasteiger partial charge in [0.25, 0.3) is 0 Å². The van der Waals surface area contributed by atoms with E-state index in [2.05, 4.69) is 0 Å². The van der Waals surface area contributed by atoms with Crippen molar-refractivity contribution < 1.29 is 19.7 Å². The number of rotatable bonds is 7. The lowest BCUT2D eigenvalue weighted by Gasteiger charge is -2.06. The molecule has 0 unspecified atom stereocenters. The second-order valence-electron chi connectivity index (χ2n) is 4.80. The van der Waals surface area contributed by atoms with Crippen LogP contribution in [0.3, 0.4) is 0 Å². The second-order valence-corrected chi connectivity index (χ2v) is 7.02. The lowest BCUT2D eigenvalue weighted by molar-refractivity contribution is -0.139. The smallest absolute Gasteiger partial charge is 0.316 e. The molecule has 2 rings (SSSR count). The topological polar surface area (TPSA) is 66.8 Å². The van der Waals surface area contributed by atoms with Crippen LogP contribution in [0.1, 0.15) is 5.56 Å². The molecular formula is C17H18O4S2. The van der Waals surface area contributed by atoms with Gasteiger partial charge in [0.05, 0.1) is 5.75 Å². The standard InChI is InChI=1S/C17H18O4S2/c1-12-10-15(6-7-16(12)19)23-11-17(20)21-8-9-22-14-4-2-13(18)3-5-14/h2-7,10,18-19H,8-9,11H2,1H3. The van der Waals surface area contributed by atoms with E-state index in [1.54, 1.807) is 36.0 Å². The second kappa shape index (κ2) is 8.74. The minimum absolute atomic E-state index is 0.238. The maximum Gasteiger partial charge on any atom is 0.316 e. The van der Waals surface area contributed by atoms with Gasteiger partial charge in [-0.05, 0) is 55.0 Å². The Morgan fingerprint density at radius 3 is 2.43 bits per heavy atom. The maximum absolute atomic E-state index is 11.7. The highest BCUT2D eigenvalue weighted by Gasteiger charge is 2.06. The third-order valence-electron chi connectivity index (χ3n) is 2.98. The van der Waals surface area contributed by atoms with E-state index < -0.39 is 0 Å². The third-order valence-corrected chi connectivity index (χ3v) is 4.92. The number of aryl methyl sites for hydroxylation is 1. The largest absolute Gasteiger partial charge is 0.508 e. The number of hydrogen-bond donors (Lipinski definition) is 2. The molecule has 0 aliphatic heterocycles. The molecular weight excluding hydrogens is 332 g/mol. The summed E-state index contributed by atoms with van der Waals surface area (Å²) in [6, 6.07) is 12.1. The van der Waals surface area contributed by atoms with E-state index in [-0.39, 0.29) is 23.2 Å². The van der Waals surface area contributed by atoms with E-state index in [4.69, 9.17) is 4.74 Å². The number of phenols is 2. The number of thioether (sulfide) groups is 2. The van der Waals surface area contributed by atoms with Gasteiger partial charge in [-0.1, -0.05) is 0 Å². The van der Waals surface area contributed by atoms with Crippen LogP contribution in [0, 0.1) is 6.92 Å². The van der Waals surface area contributed by atoms with Gasteiger partial charge in [0.2, 0.25) is 0 Å². The Hall–Kier alpha value is -1.79. The highest BCUT2D eigenvalue weighted by molar-refractivity contribution is 8.00.